The Morgan fingerprint density at radius 3 is 2.43 bits per heavy atom. The summed E-state index contributed by atoms with van der Waals surface area (Å²) in [4.78, 5) is 11.5. The Labute approximate surface area is 136 Å². The van der Waals surface area contributed by atoms with Crippen LogP contribution in [-0.2, 0) is 14.8 Å². The van der Waals surface area contributed by atoms with Crippen LogP contribution in [0.25, 0.3) is 0 Å². The molecule has 2 rings (SSSR count). The minimum atomic E-state index is -3.53. The van der Waals surface area contributed by atoms with Crippen molar-refractivity contribution in [2.75, 3.05) is 27.3 Å². The van der Waals surface area contributed by atoms with Crippen molar-refractivity contribution in [2.24, 2.45) is 0 Å². The highest BCUT2D eigenvalue weighted by Gasteiger charge is 2.30. The second-order valence-electron chi connectivity index (χ2n) is 5.45. The summed E-state index contributed by atoms with van der Waals surface area (Å²) in [5, 5.41) is 2.71. The van der Waals surface area contributed by atoms with Gasteiger partial charge in [0.1, 0.15) is 5.75 Å². The molecule has 0 radical (unpaired) electrons. The van der Waals surface area contributed by atoms with Gasteiger partial charge in [0.05, 0.1) is 19.1 Å². The van der Waals surface area contributed by atoms with E-state index in [9.17, 15) is 13.2 Å². The first-order chi connectivity index (χ1) is 10.9. The molecule has 1 aliphatic heterocycles. The maximum Gasteiger partial charge on any atom is 0.407 e. The zero-order valence-corrected chi connectivity index (χ0v) is 14.4. The third-order valence-electron chi connectivity index (χ3n) is 3.97. The van der Waals surface area contributed by atoms with Crippen molar-refractivity contribution in [3.63, 3.8) is 0 Å². The number of carbonyl (C=O) groups is 1. The molecule has 0 unspecified atom stereocenters. The fraction of sp³-hybridized carbons (Fsp3) is 0.533. The molecule has 1 heterocycles. The molecule has 1 fully saturated rings. The second kappa shape index (κ2) is 7.18. The van der Waals surface area contributed by atoms with E-state index < -0.39 is 16.1 Å². The molecule has 0 aliphatic carbocycles. The first-order valence-electron chi connectivity index (χ1n) is 7.37. The van der Waals surface area contributed by atoms with Crippen LogP contribution in [0.3, 0.4) is 0 Å². The van der Waals surface area contributed by atoms with Crippen molar-refractivity contribution in [2.45, 2.75) is 30.7 Å². The van der Waals surface area contributed by atoms with Gasteiger partial charge < -0.3 is 14.8 Å². The molecule has 1 N–H and O–H groups in total. The van der Waals surface area contributed by atoms with E-state index in [1.165, 1.54) is 11.4 Å². The maximum atomic E-state index is 12.7. The molecule has 0 aromatic heterocycles. The Kier molecular flexibility index (Phi) is 5.48. The Morgan fingerprint density at radius 1 is 1.26 bits per heavy atom. The number of aryl methyl sites for hydroxylation is 1. The van der Waals surface area contributed by atoms with E-state index in [1.807, 2.05) is 6.92 Å². The van der Waals surface area contributed by atoms with Crippen molar-refractivity contribution in [1.29, 1.82) is 0 Å². The largest absolute Gasteiger partial charge is 0.496 e. The lowest BCUT2D eigenvalue weighted by Crippen LogP contribution is -2.46. The van der Waals surface area contributed by atoms with Gasteiger partial charge >= 0.3 is 6.09 Å². The average Bonchev–Trinajstić information content (AvgIpc) is 2.55. The number of ether oxygens (including phenoxy) is 2. The van der Waals surface area contributed by atoms with Crippen molar-refractivity contribution >= 4 is 16.1 Å². The standard InChI is InChI=1S/C15H22N2O5S/c1-11-10-13(4-5-14(11)21-2)23(19,20)17-8-6-12(7-9-17)16-15(18)22-3/h4-5,10,12H,6-9H2,1-3H3,(H,16,18). The molecule has 128 valence electrons. The number of alkyl carbamates (subject to hydrolysis) is 1. The Hall–Kier alpha value is -1.80. The number of nitrogens with one attached hydrogen (secondary N) is 1. The SMILES string of the molecule is COC(=O)NC1CCN(S(=O)(=O)c2ccc(OC)c(C)c2)CC1. The van der Waals surface area contributed by atoms with Crippen LogP contribution in [0.15, 0.2) is 23.1 Å². The maximum absolute atomic E-state index is 12.7. The molecule has 1 aromatic rings. The smallest absolute Gasteiger partial charge is 0.407 e. The number of amides is 1. The van der Waals surface area contributed by atoms with Gasteiger partial charge in [-0.05, 0) is 43.5 Å². The van der Waals surface area contributed by atoms with Crippen molar-refractivity contribution in [3.8, 4) is 5.75 Å². The van der Waals surface area contributed by atoms with Gasteiger partial charge in [-0.2, -0.15) is 4.31 Å². The van der Waals surface area contributed by atoms with Crippen LogP contribution in [0.5, 0.6) is 5.75 Å². The molecule has 0 saturated carbocycles. The minimum Gasteiger partial charge on any atom is -0.496 e. The first kappa shape index (κ1) is 17.6. The predicted octanol–water partition coefficient (Wildman–Crippen LogP) is 1.51. The van der Waals surface area contributed by atoms with E-state index in [-0.39, 0.29) is 10.9 Å². The summed E-state index contributed by atoms with van der Waals surface area (Å²) in [5.74, 6) is 0.657. The summed E-state index contributed by atoms with van der Waals surface area (Å²) in [5.41, 5.74) is 0.774. The molecule has 0 spiro atoms. The molecule has 1 aromatic carbocycles. The number of nitrogens with zero attached hydrogens (tertiary/aromatic N) is 1. The Morgan fingerprint density at radius 2 is 1.91 bits per heavy atom. The van der Waals surface area contributed by atoms with E-state index in [0.29, 0.717) is 31.7 Å². The highest BCUT2D eigenvalue weighted by Crippen LogP contribution is 2.25. The molecule has 1 amide bonds. The Balaban J connectivity index is 2.07. The Bertz CT molecular complexity index is 666. The van der Waals surface area contributed by atoms with Crippen LogP contribution in [0.1, 0.15) is 18.4 Å². The number of hydrogen-bond donors (Lipinski definition) is 1. The van der Waals surface area contributed by atoms with E-state index in [2.05, 4.69) is 10.1 Å². The quantitative estimate of drug-likeness (QED) is 0.896. The van der Waals surface area contributed by atoms with Gasteiger partial charge in [0.25, 0.3) is 0 Å². The predicted molar refractivity (Wildman–Crippen MR) is 85.1 cm³/mol. The van der Waals surface area contributed by atoms with Crippen LogP contribution in [0.4, 0.5) is 4.79 Å². The summed E-state index contributed by atoms with van der Waals surface area (Å²) in [6.07, 6.45) is 0.629. The van der Waals surface area contributed by atoms with Gasteiger partial charge in [0.2, 0.25) is 10.0 Å². The summed E-state index contributed by atoms with van der Waals surface area (Å²) in [7, 11) is -0.675. The first-order valence-corrected chi connectivity index (χ1v) is 8.81. The lowest BCUT2D eigenvalue weighted by molar-refractivity contribution is 0.161. The van der Waals surface area contributed by atoms with Crippen LogP contribution >= 0.6 is 0 Å². The van der Waals surface area contributed by atoms with Gasteiger partial charge in [-0.25, -0.2) is 13.2 Å². The van der Waals surface area contributed by atoms with E-state index >= 15 is 0 Å². The molecule has 1 saturated heterocycles. The summed E-state index contributed by atoms with van der Waals surface area (Å²) < 4.78 is 36.6. The normalized spacial score (nSPS) is 16.8. The number of piperidine rings is 1. The monoisotopic (exact) mass is 342 g/mol. The van der Waals surface area contributed by atoms with Gasteiger partial charge in [-0.15, -0.1) is 0 Å². The van der Waals surface area contributed by atoms with Crippen molar-refractivity contribution in [1.82, 2.24) is 9.62 Å². The van der Waals surface area contributed by atoms with Gasteiger partial charge in [-0.3, -0.25) is 0 Å². The third-order valence-corrected chi connectivity index (χ3v) is 5.86. The van der Waals surface area contributed by atoms with E-state index in [1.54, 1.807) is 25.3 Å². The summed E-state index contributed by atoms with van der Waals surface area (Å²) in [6, 6.07) is 4.77. The zero-order chi connectivity index (χ0) is 17.0. The van der Waals surface area contributed by atoms with E-state index in [4.69, 9.17) is 4.74 Å². The van der Waals surface area contributed by atoms with Crippen LogP contribution in [-0.4, -0.2) is 52.2 Å². The van der Waals surface area contributed by atoms with Gasteiger partial charge in [0.15, 0.2) is 0 Å². The second-order valence-corrected chi connectivity index (χ2v) is 7.38. The number of methoxy groups -OCH3 is 2. The van der Waals surface area contributed by atoms with E-state index in [0.717, 1.165) is 5.56 Å². The topological polar surface area (TPSA) is 84.9 Å². The molecule has 7 nitrogen and oxygen atoms in total. The summed E-state index contributed by atoms with van der Waals surface area (Å²) in [6.45, 7) is 2.54. The van der Waals surface area contributed by atoms with Crippen LogP contribution in [0.2, 0.25) is 0 Å². The minimum absolute atomic E-state index is 0.0634. The van der Waals surface area contributed by atoms with Crippen LogP contribution in [0, 0.1) is 6.92 Å². The fourth-order valence-corrected chi connectivity index (χ4v) is 4.18. The number of benzene rings is 1. The molecule has 8 heteroatoms. The number of hydrogen-bond acceptors (Lipinski definition) is 5. The fourth-order valence-electron chi connectivity index (χ4n) is 2.63. The molecule has 0 bridgehead atoms. The van der Waals surface area contributed by atoms with Gasteiger partial charge in [-0.1, -0.05) is 0 Å². The van der Waals surface area contributed by atoms with Crippen molar-refractivity contribution in [3.05, 3.63) is 23.8 Å². The number of carbonyl (C=O) groups excluding carboxylic acids is 1. The van der Waals surface area contributed by atoms with Crippen LogP contribution < -0.4 is 10.1 Å². The number of sulfonamides is 1. The lowest BCUT2D eigenvalue weighted by Gasteiger charge is -2.31. The summed E-state index contributed by atoms with van der Waals surface area (Å²) >= 11 is 0. The molecule has 23 heavy (non-hydrogen) atoms. The number of rotatable bonds is 4. The highest BCUT2D eigenvalue weighted by atomic mass is 32.2. The lowest BCUT2D eigenvalue weighted by atomic mass is 10.1. The third kappa shape index (κ3) is 3.94. The van der Waals surface area contributed by atoms with Crippen molar-refractivity contribution < 1.29 is 22.7 Å². The molecule has 1 aliphatic rings. The molecule has 0 atom stereocenters. The molecular weight excluding hydrogens is 320 g/mol. The molecular formula is C15H22N2O5S. The highest BCUT2D eigenvalue weighted by molar-refractivity contribution is 7.89. The zero-order valence-electron chi connectivity index (χ0n) is 13.5. The average molecular weight is 342 g/mol. The van der Waals surface area contributed by atoms with Gasteiger partial charge in [0, 0.05) is 19.1 Å².